The van der Waals surface area contributed by atoms with Crippen molar-refractivity contribution in [3.63, 3.8) is 0 Å². The number of hydrogen-bond donors (Lipinski definition) is 3. The number of aryl methyl sites for hydroxylation is 1. The summed E-state index contributed by atoms with van der Waals surface area (Å²) in [4.78, 5) is 26.5. The molecule has 3 rings (SSSR count). The summed E-state index contributed by atoms with van der Waals surface area (Å²) in [6, 6.07) is 0. The molecule has 0 bridgehead atoms. The maximum atomic E-state index is 12.8. The van der Waals surface area contributed by atoms with Crippen molar-refractivity contribution in [1.29, 1.82) is 0 Å². The lowest BCUT2D eigenvalue weighted by molar-refractivity contribution is -0.113. The second kappa shape index (κ2) is 10.9. The molecule has 11 heteroatoms. The molecule has 2 heterocycles. The first-order valence-corrected chi connectivity index (χ1v) is 12.2. The number of nitrogens with zero attached hydrogens (tertiary/aromatic N) is 2. The van der Waals surface area contributed by atoms with Crippen molar-refractivity contribution in [3.8, 4) is 0 Å². The number of carbonyl (C=O) groups excluding carboxylic acids is 2. The minimum absolute atomic E-state index is 0.149. The molecule has 1 aliphatic carbocycles. The first-order valence-electron chi connectivity index (χ1n) is 9.54. The number of fused-ring (bicyclic) bond motifs is 1. The highest BCUT2D eigenvalue weighted by molar-refractivity contribution is 8.01. The van der Waals surface area contributed by atoms with Crippen molar-refractivity contribution < 1.29 is 14.3 Å². The number of hydrogen-bond acceptors (Lipinski definition) is 9. The van der Waals surface area contributed by atoms with Crippen LogP contribution in [0.25, 0.3) is 0 Å². The van der Waals surface area contributed by atoms with Gasteiger partial charge in [0.05, 0.1) is 17.9 Å². The van der Waals surface area contributed by atoms with Gasteiger partial charge in [-0.25, -0.2) is 0 Å². The molecular formula is C18H25N5O3S3. The third-order valence-electron chi connectivity index (χ3n) is 4.30. The third-order valence-corrected chi connectivity index (χ3v) is 7.53. The van der Waals surface area contributed by atoms with Crippen LogP contribution in [0.2, 0.25) is 0 Å². The van der Waals surface area contributed by atoms with Gasteiger partial charge in [0.15, 0.2) is 4.34 Å². The normalized spacial score (nSPS) is 13.0. The second-order valence-electron chi connectivity index (χ2n) is 6.40. The van der Waals surface area contributed by atoms with Crippen LogP contribution < -0.4 is 16.0 Å². The van der Waals surface area contributed by atoms with Gasteiger partial charge in [0.25, 0.3) is 5.91 Å². The fourth-order valence-corrected chi connectivity index (χ4v) is 5.95. The molecule has 0 saturated heterocycles. The molecule has 0 atom stereocenters. The summed E-state index contributed by atoms with van der Waals surface area (Å²) in [7, 11) is 1.60. The van der Waals surface area contributed by atoms with Gasteiger partial charge in [0.1, 0.15) is 5.00 Å². The minimum atomic E-state index is -0.153. The summed E-state index contributed by atoms with van der Waals surface area (Å²) in [5.74, 6) is -0.0859. The number of rotatable bonds is 10. The number of thiophene rings is 1. The summed E-state index contributed by atoms with van der Waals surface area (Å²) in [5.41, 5.74) is 1.70. The van der Waals surface area contributed by atoms with Crippen molar-refractivity contribution >= 4 is 56.4 Å². The van der Waals surface area contributed by atoms with Gasteiger partial charge in [-0.1, -0.05) is 23.1 Å². The van der Waals surface area contributed by atoms with Gasteiger partial charge in [-0.05, 0) is 38.2 Å². The lowest BCUT2D eigenvalue weighted by Gasteiger charge is -2.13. The first-order chi connectivity index (χ1) is 14.1. The molecule has 0 saturated carbocycles. The SMILES string of the molecule is CCNc1nnc(SCC(=O)Nc2sc3c(c2C(=O)NCCOC)CCCC3)s1. The average Bonchev–Trinajstić information content (AvgIpc) is 3.30. The maximum absolute atomic E-state index is 12.8. The smallest absolute Gasteiger partial charge is 0.254 e. The molecular weight excluding hydrogens is 430 g/mol. The van der Waals surface area contributed by atoms with E-state index in [2.05, 4.69) is 26.1 Å². The van der Waals surface area contributed by atoms with E-state index in [-0.39, 0.29) is 17.6 Å². The Kier molecular flexibility index (Phi) is 8.28. The van der Waals surface area contributed by atoms with E-state index in [1.54, 1.807) is 7.11 Å². The largest absolute Gasteiger partial charge is 0.383 e. The van der Waals surface area contributed by atoms with Crippen LogP contribution in [0.15, 0.2) is 4.34 Å². The van der Waals surface area contributed by atoms with Gasteiger partial charge < -0.3 is 20.7 Å². The van der Waals surface area contributed by atoms with Crippen molar-refractivity contribution in [1.82, 2.24) is 15.5 Å². The highest BCUT2D eigenvalue weighted by Gasteiger charge is 2.26. The summed E-state index contributed by atoms with van der Waals surface area (Å²) in [6.45, 7) is 3.66. The molecule has 8 nitrogen and oxygen atoms in total. The average molecular weight is 456 g/mol. The van der Waals surface area contributed by atoms with Crippen molar-refractivity contribution in [2.24, 2.45) is 0 Å². The Morgan fingerprint density at radius 2 is 2.03 bits per heavy atom. The molecule has 1 aliphatic rings. The quantitative estimate of drug-likeness (QED) is 0.374. The predicted octanol–water partition coefficient (Wildman–Crippen LogP) is 3.02. The Balaban J connectivity index is 1.66. The second-order valence-corrected chi connectivity index (χ2v) is 9.71. The zero-order chi connectivity index (χ0) is 20.6. The Labute approximate surface area is 182 Å². The molecule has 0 fully saturated rings. The van der Waals surface area contributed by atoms with Crippen molar-refractivity contribution in [3.05, 3.63) is 16.0 Å². The molecule has 0 aliphatic heterocycles. The van der Waals surface area contributed by atoms with Crippen LogP contribution in [0.3, 0.4) is 0 Å². The van der Waals surface area contributed by atoms with E-state index >= 15 is 0 Å². The Morgan fingerprint density at radius 1 is 1.21 bits per heavy atom. The van der Waals surface area contributed by atoms with Gasteiger partial charge in [-0.3, -0.25) is 9.59 Å². The van der Waals surface area contributed by atoms with Crippen LogP contribution in [0.1, 0.15) is 40.6 Å². The lowest BCUT2D eigenvalue weighted by atomic mass is 9.95. The van der Waals surface area contributed by atoms with Crippen molar-refractivity contribution in [2.75, 3.05) is 43.2 Å². The standard InChI is InChI=1S/C18H25N5O3S3/c1-3-19-17-22-23-18(29-17)27-10-13(24)21-16-14(15(25)20-8-9-26-2)11-6-4-5-7-12(11)28-16/h3-10H2,1-2H3,(H,19,22)(H,20,25)(H,21,24). The van der Waals surface area contributed by atoms with Crippen LogP contribution in [0.5, 0.6) is 0 Å². The maximum Gasteiger partial charge on any atom is 0.254 e. The van der Waals surface area contributed by atoms with E-state index in [1.807, 2.05) is 6.92 Å². The van der Waals surface area contributed by atoms with Crippen LogP contribution >= 0.6 is 34.4 Å². The monoisotopic (exact) mass is 455 g/mol. The zero-order valence-electron chi connectivity index (χ0n) is 16.5. The molecule has 2 amide bonds. The number of carbonyl (C=O) groups is 2. The molecule has 158 valence electrons. The van der Waals surface area contributed by atoms with Gasteiger partial charge in [0, 0.05) is 25.1 Å². The van der Waals surface area contributed by atoms with E-state index in [4.69, 9.17) is 4.74 Å². The molecule has 29 heavy (non-hydrogen) atoms. The van der Waals surface area contributed by atoms with E-state index < -0.39 is 0 Å². The van der Waals surface area contributed by atoms with Gasteiger partial charge >= 0.3 is 0 Å². The minimum Gasteiger partial charge on any atom is -0.383 e. The number of ether oxygens (including phenoxy) is 1. The first kappa shape index (κ1) is 22.0. The highest BCUT2D eigenvalue weighted by atomic mass is 32.2. The Bertz CT molecular complexity index is 852. The van der Waals surface area contributed by atoms with E-state index in [1.165, 1.54) is 39.3 Å². The fraction of sp³-hybridized carbons (Fsp3) is 0.556. The van der Waals surface area contributed by atoms with Crippen LogP contribution in [-0.2, 0) is 22.4 Å². The summed E-state index contributed by atoms with van der Waals surface area (Å²) in [6.07, 6.45) is 4.02. The summed E-state index contributed by atoms with van der Waals surface area (Å²) in [5, 5.41) is 18.4. The summed E-state index contributed by atoms with van der Waals surface area (Å²) < 4.78 is 5.74. The highest BCUT2D eigenvalue weighted by Crippen LogP contribution is 2.38. The molecule has 0 unspecified atom stereocenters. The number of thioether (sulfide) groups is 1. The van der Waals surface area contributed by atoms with Gasteiger partial charge in [-0.2, -0.15) is 0 Å². The number of anilines is 2. The summed E-state index contributed by atoms with van der Waals surface area (Å²) >= 11 is 4.29. The lowest BCUT2D eigenvalue weighted by Crippen LogP contribution is -2.29. The number of aromatic nitrogens is 2. The van der Waals surface area contributed by atoms with E-state index in [0.29, 0.717) is 23.7 Å². The van der Waals surface area contributed by atoms with E-state index in [9.17, 15) is 9.59 Å². The Morgan fingerprint density at radius 3 is 2.83 bits per heavy atom. The third kappa shape index (κ3) is 5.91. The topological polar surface area (TPSA) is 105 Å². The van der Waals surface area contributed by atoms with Crippen molar-refractivity contribution in [2.45, 2.75) is 36.9 Å². The number of nitrogens with one attached hydrogen (secondary N) is 3. The molecule has 0 aromatic carbocycles. The van der Waals surface area contributed by atoms with Gasteiger partial charge in [0.2, 0.25) is 11.0 Å². The van der Waals surface area contributed by atoms with Crippen LogP contribution in [0.4, 0.5) is 10.1 Å². The van der Waals surface area contributed by atoms with Crippen LogP contribution in [-0.4, -0.2) is 54.6 Å². The molecule has 0 spiro atoms. The molecule has 2 aromatic rings. The molecule has 3 N–H and O–H groups in total. The zero-order valence-corrected chi connectivity index (χ0v) is 19.0. The Hall–Kier alpha value is -1.69. The number of methoxy groups -OCH3 is 1. The predicted molar refractivity (Wildman–Crippen MR) is 119 cm³/mol. The van der Waals surface area contributed by atoms with Gasteiger partial charge in [-0.15, -0.1) is 21.5 Å². The number of amides is 2. The molecule has 0 radical (unpaired) electrons. The molecule has 2 aromatic heterocycles. The fourth-order valence-electron chi connectivity index (χ4n) is 3.03. The van der Waals surface area contributed by atoms with Crippen LogP contribution in [0, 0.1) is 0 Å². The van der Waals surface area contributed by atoms with E-state index in [0.717, 1.165) is 47.3 Å².